The van der Waals surface area contributed by atoms with Crippen LogP contribution in [0.2, 0.25) is 10.0 Å². The van der Waals surface area contributed by atoms with Gasteiger partial charge in [0.05, 0.1) is 17.2 Å². The SMILES string of the molecule is COc1c2c(Cl)c(Cl)c(-c3ccccc3)c1c1cc(C=O)cc2c1. The lowest BCUT2D eigenvalue weighted by Crippen LogP contribution is -1.96. The number of hydrogen-bond acceptors (Lipinski definition) is 2. The number of benzene rings is 4. The molecule has 0 aliphatic carbocycles. The van der Waals surface area contributed by atoms with Crippen molar-refractivity contribution >= 4 is 51.0 Å². The van der Waals surface area contributed by atoms with Crippen molar-refractivity contribution in [2.45, 2.75) is 0 Å². The molecule has 4 rings (SSSR count). The average Bonchev–Trinajstić information content (AvgIpc) is 2.62. The average molecular weight is 355 g/mol. The maximum Gasteiger partial charge on any atom is 0.150 e. The first-order valence-corrected chi connectivity index (χ1v) is 8.16. The first-order chi connectivity index (χ1) is 11.7. The predicted molar refractivity (Wildman–Crippen MR) is 100 cm³/mol. The lowest BCUT2D eigenvalue weighted by atomic mass is 9.91. The van der Waals surface area contributed by atoms with E-state index in [9.17, 15) is 4.79 Å². The molecular formula is C20H12Cl2O2. The standard InChI is InChI=1S/C20H12Cl2O2/c1-24-20-16-13-7-11(10-23)8-14(9-13)17(20)19(22)18(21)15(16)12-5-3-2-4-6-12/h2-10H,1H3. The van der Waals surface area contributed by atoms with Crippen molar-refractivity contribution in [1.29, 1.82) is 0 Å². The maximum absolute atomic E-state index is 11.3. The van der Waals surface area contributed by atoms with E-state index >= 15 is 0 Å². The van der Waals surface area contributed by atoms with Gasteiger partial charge in [-0.25, -0.2) is 0 Å². The van der Waals surface area contributed by atoms with Crippen molar-refractivity contribution in [2.75, 3.05) is 7.11 Å². The largest absolute Gasteiger partial charge is 0.495 e. The molecule has 4 aromatic rings. The van der Waals surface area contributed by atoms with E-state index < -0.39 is 0 Å². The molecule has 4 aromatic carbocycles. The summed E-state index contributed by atoms with van der Waals surface area (Å²) in [6.07, 6.45) is 0.836. The van der Waals surface area contributed by atoms with Gasteiger partial charge in [0.1, 0.15) is 12.0 Å². The van der Waals surface area contributed by atoms with Crippen LogP contribution in [0, 0.1) is 0 Å². The third kappa shape index (κ3) is 2.07. The van der Waals surface area contributed by atoms with Crippen molar-refractivity contribution < 1.29 is 9.53 Å². The molecule has 0 unspecified atom stereocenters. The predicted octanol–water partition coefficient (Wildman–Crippen LogP) is 6.23. The molecule has 0 heterocycles. The zero-order chi connectivity index (χ0) is 16.8. The molecule has 0 aliphatic heterocycles. The van der Waals surface area contributed by atoms with Crippen LogP contribution in [0.15, 0.2) is 48.5 Å². The molecule has 4 heteroatoms. The lowest BCUT2D eigenvalue weighted by Gasteiger charge is -2.20. The van der Waals surface area contributed by atoms with E-state index in [2.05, 4.69) is 0 Å². The van der Waals surface area contributed by atoms with Crippen LogP contribution in [0.1, 0.15) is 10.4 Å². The van der Waals surface area contributed by atoms with Gasteiger partial charge in [-0.3, -0.25) is 4.79 Å². The van der Waals surface area contributed by atoms with Crippen LogP contribution in [0.5, 0.6) is 5.75 Å². The molecule has 0 saturated heterocycles. The van der Waals surface area contributed by atoms with Crippen LogP contribution in [-0.4, -0.2) is 13.4 Å². The summed E-state index contributed by atoms with van der Waals surface area (Å²) in [5.41, 5.74) is 2.36. The maximum atomic E-state index is 11.3. The van der Waals surface area contributed by atoms with Crippen LogP contribution in [0.4, 0.5) is 0 Å². The van der Waals surface area contributed by atoms with E-state index in [-0.39, 0.29) is 0 Å². The molecule has 0 saturated carbocycles. The van der Waals surface area contributed by atoms with Gasteiger partial charge in [-0.1, -0.05) is 53.5 Å². The fourth-order valence-corrected chi connectivity index (χ4v) is 3.88. The van der Waals surface area contributed by atoms with Gasteiger partial charge < -0.3 is 4.74 Å². The van der Waals surface area contributed by atoms with Gasteiger partial charge in [0.25, 0.3) is 0 Å². The first kappa shape index (κ1) is 15.3. The molecule has 0 N–H and O–H groups in total. The zero-order valence-corrected chi connectivity index (χ0v) is 14.3. The van der Waals surface area contributed by atoms with Crippen molar-refractivity contribution in [3.63, 3.8) is 0 Å². The van der Waals surface area contributed by atoms with Crippen LogP contribution in [-0.2, 0) is 0 Å². The van der Waals surface area contributed by atoms with Crippen molar-refractivity contribution in [1.82, 2.24) is 0 Å². The molecule has 4 bridgehead atoms. The summed E-state index contributed by atoms with van der Waals surface area (Å²) in [5.74, 6) is 0.688. The Morgan fingerprint density at radius 2 is 1.58 bits per heavy atom. The topological polar surface area (TPSA) is 26.3 Å². The number of rotatable bonds is 3. The fraction of sp³-hybridized carbons (Fsp3) is 0.0500. The van der Waals surface area contributed by atoms with E-state index in [1.165, 1.54) is 0 Å². The fourth-order valence-electron chi connectivity index (χ4n) is 3.29. The molecule has 0 aliphatic rings. The van der Waals surface area contributed by atoms with Crippen LogP contribution in [0.25, 0.3) is 32.7 Å². The van der Waals surface area contributed by atoms with E-state index in [0.29, 0.717) is 21.4 Å². The van der Waals surface area contributed by atoms with Crippen LogP contribution < -0.4 is 4.74 Å². The minimum absolute atomic E-state index is 0.435. The van der Waals surface area contributed by atoms with Gasteiger partial charge in [0.2, 0.25) is 0 Å². The van der Waals surface area contributed by atoms with E-state index in [1.54, 1.807) is 13.2 Å². The van der Waals surface area contributed by atoms with Gasteiger partial charge in [0, 0.05) is 21.9 Å². The number of carbonyl (C=O) groups is 1. The Balaban J connectivity index is 2.29. The Labute approximate surface area is 148 Å². The van der Waals surface area contributed by atoms with Gasteiger partial charge in [-0.2, -0.15) is 0 Å². The third-order valence-corrected chi connectivity index (χ3v) is 5.12. The van der Waals surface area contributed by atoms with Gasteiger partial charge in [-0.05, 0) is 34.5 Å². The summed E-state index contributed by atoms with van der Waals surface area (Å²) < 4.78 is 5.68. The molecule has 0 spiro atoms. The monoisotopic (exact) mass is 354 g/mol. The highest BCUT2D eigenvalue weighted by Gasteiger charge is 2.23. The van der Waals surface area contributed by atoms with Crippen LogP contribution >= 0.6 is 23.2 Å². The summed E-state index contributed by atoms with van der Waals surface area (Å²) in [7, 11) is 1.62. The first-order valence-electron chi connectivity index (χ1n) is 7.41. The minimum atomic E-state index is 0.435. The highest BCUT2D eigenvalue weighted by atomic mass is 35.5. The molecule has 118 valence electrons. The quantitative estimate of drug-likeness (QED) is 0.408. The second-order valence-corrected chi connectivity index (χ2v) is 6.37. The summed E-state index contributed by atoms with van der Waals surface area (Å²) in [6.45, 7) is 0. The van der Waals surface area contributed by atoms with Gasteiger partial charge in [-0.15, -0.1) is 0 Å². The smallest absolute Gasteiger partial charge is 0.150 e. The number of methoxy groups -OCH3 is 1. The molecule has 0 atom stereocenters. The highest BCUT2D eigenvalue weighted by Crippen LogP contribution is 2.50. The molecule has 0 amide bonds. The summed E-state index contributed by atoms with van der Waals surface area (Å²) in [6, 6.07) is 15.4. The molecule has 2 nitrogen and oxygen atoms in total. The highest BCUT2D eigenvalue weighted by molar-refractivity contribution is 6.49. The number of ether oxygens (including phenoxy) is 1. The number of fused-ring (bicyclic) bond motifs is 6. The summed E-state index contributed by atoms with van der Waals surface area (Å²) >= 11 is 13.2. The molecular weight excluding hydrogens is 343 g/mol. The Hall–Kier alpha value is -2.29. The Kier molecular flexibility index (Phi) is 3.60. The number of aldehydes is 1. The normalized spacial score (nSPS) is 11.3. The summed E-state index contributed by atoms with van der Waals surface area (Å²) in [5, 5.41) is 4.26. The third-order valence-electron chi connectivity index (χ3n) is 4.27. The Bertz CT molecular complexity index is 1070. The number of halogens is 2. The van der Waals surface area contributed by atoms with E-state index in [1.807, 2.05) is 42.5 Å². The Morgan fingerprint density at radius 1 is 0.917 bits per heavy atom. The second-order valence-electron chi connectivity index (χ2n) is 5.61. The second kappa shape index (κ2) is 5.66. The summed E-state index contributed by atoms with van der Waals surface area (Å²) in [4.78, 5) is 11.3. The number of carbonyl (C=O) groups excluding carboxylic acids is 1. The lowest BCUT2D eigenvalue weighted by molar-refractivity contribution is 0.112. The van der Waals surface area contributed by atoms with E-state index in [4.69, 9.17) is 27.9 Å². The van der Waals surface area contributed by atoms with Crippen molar-refractivity contribution in [3.05, 3.63) is 64.1 Å². The molecule has 0 aromatic heterocycles. The van der Waals surface area contributed by atoms with Crippen molar-refractivity contribution in [2.24, 2.45) is 0 Å². The molecule has 0 radical (unpaired) electrons. The molecule has 24 heavy (non-hydrogen) atoms. The van der Waals surface area contributed by atoms with Crippen molar-refractivity contribution in [3.8, 4) is 16.9 Å². The van der Waals surface area contributed by atoms with Gasteiger partial charge in [0.15, 0.2) is 0 Å². The number of hydrogen-bond donors (Lipinski definition) is 0. The van der Waals surface area contributed by atoms with E-state index in [0.717, 1.165) is 39.0 Å². The van der Waals surface area contributed by atoms with Crippen LogP contribution in [0.3, 0.4) is 0 Å². The molecule has 0 fully saturated rings. The Morgan fingerprint density at radius 3 is 2.21 bits per heavy atom. The van der Waals surface area contributed by atoms with Gasteiger partial charge >= 0.3 is 0 Å². The zero-order valence-electron chi connectivity index (χ0n) is 12.8. The minimum Gasteiger partial charge on any atom is -0.495 e.